The van der Waals surface area contributed by atoms with Crippen LogP contribution >= 0.6 is 0 Å². The Bertz CT molecular complexity index is 482. The molecule has 0 saturated carbocycles. The van der Waals surface area contributed by atoms with Crippen LogP contribution in [-0.4, -0.2) is 26.9 Å². The first-order valence-electron chi connectivity index (χ1n) is 5.19. The Balaban J connectivity index is 2.36. The smallest absolute Gasteiger partial charge is 0.423 e. The summed E-state index contributed by atoms with van der Waals surface area (Å²) in [5.41, 5.74) is 2.40. The maximum absolute atomic E-state index is 9.08. The normalized spacial score (nSPS) is 10.4. The predicted octanol–water partition coefficient (Wildman–Crippen LogP) is 0.250. The third-order valence-corrected chi connectivity index (χ3v) is 2.48. The van der Waals surface area contributed by atoms with Gasteiger partial charge in [0.25, 0.3) is 0 Å². The van der Waals surface area contributed by atoms with Crippen LogP contribution in [0.1, 0.15) is 6.92 Å². The first-order chi connectivity index (χ1) is 7.70. The molecular formula is C11H13BN2O2. The molecule has 5 heteroatoms. The van der Waals surface area contributed by atoms with Crippen LogP contribution in [0.25, 0.3) is 11.1 Å². The number of nitrogens with zero attached hydrogens (tertiary/aromatic N) is 2. The van der Waals surface area contributed by atoms with Gasteiger partial charge in [-0.1, -0.05) is 24.3 Å². The Morgan fingerprint density at radius 2 is 2.12 bits per heavy atom. The van der Waals surface area contributed by atoms with Gasteiger partial charge >= 0.3 is 7.12 Å². The Morgan fingerprint density at radius 1 is 1.31 bits per heavy atom. The Labute approximate surface area is 94.3 Å². The van der Waals surface area contributed by atoms with Crippen molar-refractivity contribution in [2.45, 2.75) is 13.5 Å². The number of aromatic nitrogens is 2. The quantitative estimate of drug-likeness (QED) is 0.723. The highest BCUT2D eigenvalue weighted by molar-refractivity contribution is 6.58. The fourth-order valence-electron chi connectivity index (χ4n) is 1.56. The summed E-state index contributed by atoms with van der Waals surface area (Å²) in [5.74, 6) is 0. The molecule has 2 N–H and O–H groups in total. The first-order valence-corrected chi connectivity index (χ1v) is 5.19. The van der Waals surface area contributed by atoms with Crippen molar-refractivity contribution in [1.82, 2.24) is 9.78 Å². The predicted molar refractivity (Wildman–Crippen MR) is 63.2 cm³/mol. The van der Waals surface area contributed by atoms with Crippen LogP contribution in [0.5, 0.6) is 0 Å². The minimum Gasteiger partial charge on any atom is -0.423 e. The highest BCUT2D eigenvalue weighted by Gasteiger charge is 2.11. The summed E-state index contributed by atoms with van der Waals surface area (Å²) in [4.78, 5) is 0. The fourth-order valence-corrected chi connectivity index (χ4v) is 1.56. The summed E-state index contributed by atoms with van der Waals surface area (Å²) < 4.78 is 1.83. The molecule has 1 heterocycles. The van der Waals surface area contributed by atoms with E-state index in [2.05, 4.69) is 5.10 Å². The summed E-state index contributed by atoms with van der Waals surface area (Å²) in [6.45, 7) is 2.84. The Hall–Kier alpha value is -1.59. The second-order valence-corrected chi connectivity index (χ2v) is 3.58. The van der Waals surface area contributed by atoms with E-state index in [1.807, 2.05) is 23.9 Å². The van der Waals surface area contributed by atoms with Crippen LogP contribution in [0, 0.1) is 0 Å². The van der Waals surface area contributed by atoms with E-state index in [1.54, 1.807) is 24.4 Å². The lowest BCUT2D eigenvalue weighted by Crippen LogP contribution is -2.29. The lowest BCUT2D eigenvalue weighted by atomic mass is 9.79. The van der Waals surface area contributed by atoms with Gasteiger partial charge < -0.3 is 10.0 Å². The number of rotatable bonds is 3. The van der Waals surface area contributed by atoms with E-state index in [1.165, 1.54) is 0 Å². The molecule has 0 radical (unpaired) electrons. The summed E-state index contributed by atoms with van der Waals surface area (Å²) in [6, 6.07) is 7.15. The number of benzene rings is 1. The molecule has 0 unspecified atom stereocenters. The lowest BCUT2D eigenvalue weighted by Gasteiger charge is -2.02. The van der Waals surface area contributed by atoms with Gasteiger partial charge in [-0.15, -0.1) is 0 Å². The van der Waals surface area contributed by atoms with Gasteiger partial charge in [-0.3, -0.25) is 4.68 Å². The van der Waals surface area contributed by atoms with Crippen LogP contribution in [0.3, 0.4) is 0 Å². The molecule has 0 amide bonds. The standard InChI is InChI=1S/C11H13BN2O2/c1-2-14-8-10(7-13-14)9-4-3-5-11(6-9)12(15)16/h3-8,15-16H,2H2,1H3. The molecule has 2 aromatic rings. The highest BCUT2D eigenvalue weighted by Crippen LogP contribution is 2.16. The van der Waals surface area contributed by atoms with Crippen molar-refractivity contribution in [3.63, 3.8) is 0 Å². The van der Waals surface area contributed by atoms with Gasteiger partial charge in [-0.2, -0.15) is 5.10 Å². The van der Waals surface area contributed by atoms with E-state index in [-0.39, 0.29) is 0 Å². The molecular weight excluding hydrogens is 203 g/mol. The van der Waals surface area contributed by atoms with Crippen molar-refractivity contribution in [2.75, 3.05) is 0 Å². The lowest BCUT2D eigenvalue weighted by molar-refractivity contribution is 0.426. The third-order valence-electron chi connectivity index (χ3n) is 2.48. The Morgan fingerprint density at radius 3 is 2.75 bits per heavy atom. The third kappa shape index (κ3) is 2.15. The average Bonchev–Trinajstić information content (AvgIpc) is 2.77. The zero-order valence-corrected chi connectivity index (χ0v) is 9.04. The SMILES string of the molecule is CCn1cc(-c2cccc(B(O)O)c2)cn1. The zero-order valence-electron chi connectivity index (χ0n) is 9.04. The monoisotopic (exact) mass is 216 g/mol. The molecule has 4 nitrogen and oxygen atoms in total. The molecule has 0 saturated heterocycles. The van der Waals surface area contributed by atoms with Crippen molar-refractivity contribution in [3.05, 3.63) is 36.7 Å². The van der Waals surface area contributed by atoms with Gasteiger partial charge in [0, 0.05) is 18.3 Å². The van der Waals surface area contributed by atoms with Gasteiger partial charge in [0.15, 0.2) is 0 Å². The largest absolute Gasteiger partial charge is 0.488 e. The minimum absolute atomic E-state index is 0.488. The zero-order chi connectivity index (χ0) is 11.5. The van der Waals surface area contributed by atoms with E-state index in [0.29, 0.717) is 5.46 Å². The van der Waals surface area contributed by atoms with E-state index in [0.717, 1.165) is 17.7 Å². The first kappa shape index (κ1) is 10.9. The van der Waals surface area contributed by atoms with Gasteiger partial charge in [0.1, 0.15) is 0 Å². The molecule has 0 atom stereocenters. The summed E-state index contributed by atoms with van der Waals surface area (Å²) in [6.07, 6.45) is 3.70. The van der Waals surface area contributed by atoms with Gasteiger partial charge in [0.2, 0.25) is 0 Å². The van der Waals surface area contributed by atoms with Crippen LogP contribution in [-0.2, 0) is 6.54 Å². The molecule has 0 aliphatic carbocycles. The van der Waals surface area contributed by atoms with Gasteiger partial charge in [0.05, 0.1) is 6.20 Å². The molecule has 1 aromatic carbocycles. The van der Waals surface area contributed by atoms with Gasteiger partial charge in [-0.05, 0) is 17.9 Å². The topological polar surface area (TPSA) is 58.3 Å². The molecule has 0 bridgehead atoms. The fraction of sp³-hybridized carbons (Fsp3) is 0.182. The Kier molecular flexibility index (Phi) is 3.08. The highest BCUT2D eigenvalue weighted by atomic mass is 16.4. The van der Waals surface area contributed by atoms with Gasteiger partial charge in [-0.25, -0.2) is 0 Å². The average molecular weight is 216 g/mol. The van der Waals surface area contributed by atoms with Crippen molar-refractivity contribution < 1.29 is 10.0 Å². The van der Waals surface area contributed by atoms with Crippen molar-refractivity contribution >= 4 is 12.6 Å². The second kappa shape index (κ2) is 4.51. The summed E-state index contributed by atoms with van der Waals surface area (Å²) in [5, 5.41) is 22.3. The van der Waals surface area contributed by atoms with E-state index in [9.17, 15) is 0 Å². The molecule has 1 aromatic heterocycles. The molecule has 0 aliphatic rings. The van der Waals surface area contributed by atoms with Crippen molar-refractivity contribution in [1.29, 1.82) is 0 Å². The number of aryl methyl sites for hydroxylation is 1. The van der Waals surface area contributed by atoms with Crippen LogP contribution in [0.4, 0.5) is 0 Å². The van der Waals surface area contributed by atoms with E-state index < -0.39 is 7.12 Å². The van der Waals surface area contributed by atoms with Crippen LogP contribution in [0.2, 0.25) is 0 Å². The van der Waals surface area contributed by atoms with Crippen molar-refractivity contribution in [3.8, 4) is 11.1 Å². The van der Waals surface area contributed by atoms with E-state index >= 15 is 0 Å². The van der Waals surface area contributed by atoms with Crippen LogP contribution < -0.4 is 5.46 Å². The molecule has 2 rings (SSSR count). The molecule has 0 fully saturated rings. The van der Waals surface area contributed by atoms with Crippen LogP contribution in [0.15, 0.2) is 36.7 Å². The second-order valence-electron chi connectivity index (χ2n) is 3.58. The summed E-state index contributed by atoms with van der Waals surface area (Å²) >= 11 is 0. The molecule has 16 heavy (non-hydrogen) atoms. The van der Waals surface area contributed by atoms with Crippen molar-refractivity contribution in [2.24, 2.45) is 0 Å². The van der Waals surface area contributed by atoms with E-state index in [4.69, 9.17) is 10.0 Å². The number of hydrogen-bond donors (Lipinski definition) is 2. The molecule has 82 valence electrons. The molecule has 0 spiro atoms. The summed E-state index contributed by atoms with van der Waals surface area (Å²) in [7, 11) is -1.43. The number of hydrogen-bond acceptors (Lipinski definition) is 3. The minimum atomic E-state index is -1.43. The molecule has 0 aliphatic heterocycles. The maximum Gasteiger partial charge on any atom is 0.488 e. The maximum atomic E-state index is 9.08.